The maximum atomic E-state index is 14.0. The maximum Gasteiger partial charge on any atom is 0.270 e. The van der Waals surface area contributed by atoms with Gasteiger partial charge >= 0.3 is 0 Å². The number of benzene rings is 3. The van der Waals surface area contributed by atoms with Crippen LogP contribution in [0, 0.1) is 5.82 Å². The summed E-state index contributed by atoms with van der Waals surface area (Å²) < 4.78 is 23.0. The molecule has 1 aromatic heterocycles. The van der Waals surface area contributed by atoms with Crippen LogP contribution < -0.4 is 21.5 Å². The van der Waals surface area contributed by atoms with E-state index < -0.39 is 29.6 Å². The number of methoxy groups -OCH3 is 1. The molecule has 39 heavy (non-hydrogen) atoms. The number of carbonyl (C=O) groups excluding carboxylic acids is 3. The normalized spacial score (nSPS) is 11.4. The Morgan fingerprint density at radius 1 is 1.00 bits per heavy atom. The van der Waals surface area contributed by atoms with Crippen LogP contribution in [-0.2, 0) is 17.9 Å². The van der Waals surface area contributed by atoms with E-state index in [-0.39, 0.29) is 29.3 Å². The lowest BCUT2D eigenvalue weighted by atomic mass is 10.0. The summed E-state index contributed by atoms with van der Waals surface area (Å²) in [6, 6.07) is 20.4. The standard InChI is InChI=1S/C28H26FN5O4S/c1-38-21-13-7-18(8-14-21)16-34(28(37)25-22(30)23(26(31)35)33-39-25)24(19-9-11-20(29)12-10-19)27(36)32-15-17-5-3-2-4-6-17/h2-14,24H,15-16,30H2,1H3,(H2,31,35)(H,32,36)/t24-/m1/s1. The third kappa shape index (κ3) is 6.39. The molecule has 0 unspecified atom stereocenters. The smallest absolute Gasteiger partial charge is 0.270 e. The van der Waals surface area contributed by atoms with Crippen molar-refractivity contribution >= 4 is 34.9 Å². The molecule has 1 atom stereocenters. The van der Waals surface area contributed by atoms with Crippen LogP contribution in [0.3, 0.4) is 0 Å². The molecular weight excluding hydrogens is 521 g/mol. The van der Waals surface area contributed by atoms with Crippen LogP contribution in [0.15, 0.2) is 78.9 Å². The summed E-state index contributed by atoms with van der Waals surface area (Å²) in [5, 5.41) is 2.88. The fraction of sp³-hybridized carbons (Fsp3) is 0.143. The van der Waals surface area contributed by atoms with E-state index in [9.17, 15) is 18.8 Å². The van der Waals surface area contributed by atoms with Gasteiger partial charge in [0.15, 0.2) is 5.69 Å². The van der Waals surface area contributed by atoms with E-state index in [4.69, 9.17) is 16.2 Å². The third-order valence-corrected chi connectivity index (χ3v) is 6.83. The zero-order chi connectivity index (χ0) is 27.9. The number of hydrogen-bond acceptors (Lipinski definition) is 7. The molecule has 1 heterocycles. The van der Waals surface area contributed by atoms with Gasteiger partial charge in [-0.1, -0.05) is 54.6 Å². The molecule has 9 nitrogen and oxygen atoms in total. The number of ether oxygens (including phenoxy) is 1. The summed E-state index contributed by atoms with van der Waals surface area (Å²) in [6.45, 7) is 0.184. The number of anilines is 1. The lowest BCUT2D eigenvalue weighted by Gasteiger charge is -2.31. The van der Waals surface area contributed by atoms with Crippen LogP contribution in [0.5, 0.6) is 5.75 Å². The lowest BCUT2D eigenvalue weighted by molar-refractivity contribution is -0.126. The third-order valence-electron chi connectivity index (χ3n) is 5.98. The molecule has 0 aliphatic rings. The van der Waals surface area contributed by atoms with Crippen molar-refractivity contribution in [1.29, 1.82) is 0 Å². The Morgan fingerprint density at radius 3 is 2.26 bits per heavy atom. The van der Waals surface area contributed by atoms with Crippen LogP contribution in [0.2, 0.25) is 0 Å². The van der Waals surface area contributed by atoms with Gasteiger partial charge in [0.1, 0.15) is 22.5 Å². The number of nitrogens with two attached hydrogens (primary N) is 2. The molecule has 3 aromatic carbocycles. The van der Waals surface area contributed by atoms with Crippen molar-refractivity contribution in [2.75, 3.05) is 12.8 Å². The van der Waals surface area contributed by atoms with Gasteiger partial charge in [0.25, 0.3) is 11.8 Å². The highest BCUT2D eigenvalue weighted by atomic mass is 32.1. The minimum Gasteiger partial charge on any atom is -0.497 e. The van der Waals surface area contributed by atoms with Crippen LogP contribution in [0.25, 0.3) is 0 Å². The van der Waals surface area contributed by atoms with Crippen molar-refractivity contribution in [2.45, 2.75) is 19.1 Å². The van der Waals surface area contributed by atoms with Gasteiger partial charge < -0.3 is 26.4 Å². The van der Waals surface area contributed by atoms with Crippen molar-refractivity contribution in [2.24, 2.45) is 5.73 Å². The average Bonchev–Trinajstić information content (AvgIpc) is 3.34. The number of amides is 3. The molecule has 0 saturated heterocycles. The van der Waals surface area contributed by atoms with Gasteiger partial charge in [0.2, 0.25) is 5.91 Å². The summed E-state index contributed by atoms with van der Waals surface area (Å²) >= 11 is 0.716. The van der Waals surface area contributed by atoms with Crippen molar-refractivity contribution in [3.05, 3.63) is 112 Å². The Balaban J connectivity index is 1.77. The minimum absolute atomic E-state index is 0.0210. The predicted molar refractivity (Wildman–Crippen MR) is 145 cm³/mol. The van der Waals surface area contributed by atoms with Gasteiger partial charge in [-0.2, -0.15) is 4.37 Å². The predicted octanol–water partition coefficient (Wildman–Crippen LogP) is 3.67. The highest BCUT2D eigenvalue weighted by Crippen LogP contribution is 2.31. The molecule has 11 heteroatoms. The highest BCUT2D eigenvalue weighted by molar-refractivity contribution is 7.09. The van der Waals surface area contributed by atoms with E-state index in [1.807, 2.05) is 30.3 Å². The molecule has 5 N–H and O–H groups in total. The number of halogens is 1. The molecule has 0 fully saturated rings. The van der Waals surface area contributed by atoms with Crippen molar-refractivity contribution in [1.82, 2.24) is 14.6 Å². The molecule has 0 radical (unpaired) electrons. The highest BCUT2D eigenvalue weighted by Gasteiger charge is 2.35. The number of nitrogen functional groups attached to an aromatic ring is 1. The first-order chi connectivity index (χ1) is 18.8. The first kappa shape index (κ1) is 27.3. The van der Waals surface area contributed by atoms with Crippen LogP contribution >= 0.6 is 11.5 Å². The van der Waals surface area contributed by atoms with E-state index >= 15 is 0 Å². The fourth-order valence-electron chi connectivity index (χ4n) is 3.97. The maximum absolute atomic E-state index is 14.0. The molecule has 0 aliphatic carbocycles. The van der Waals surface area contributed by atoms with Crippen molar-refractivity contribution < 1.29 is 23.5 Å². The van der Waals surface area contributed by atoms with E-state index in [2.05, 4.69) is 9.69 Å². The summed E-state index contributed by atoms with van der Waals surface area (Å²) in [4.78, 5) is 40.7. The number of carbonyl (C=O) groups is 3. The second-order valence-corrected chi connectivity index (χ2v) is 9.35. The van der Waals surface area contributed by atoms with Crippen LogP contribution in [-0.4, -0.2) is 34.1 Å². The Hall–Kier alpha value is -4.77. The summed E-state index contributed by atoms with van der Waals surface area (Å²) in [7, 11) is 1.54. The molecular formula is C28H26FN5O4S. The Labute approximate surface area is 228 Å². The Morgan fingerprint density at radius 2 is 1.67 bits per heavy atom. The summed E-state index contributed by atoms with van der Waals surface area (Å²) in [6.07, 6.45) is 0. The molecule has 4 aromatic rings. The Bertz CT molecular complexity index is 1460. The zero-order valence-corrected chi connectivity index (χ0v) is 21.8. The van der Waals surface area contributed by atoms with E-state index in [1.54, 1.807) is 24.3 Å². The molecule has 0 aliphatic heterocycles. The lowest BCUT2D eigenvalue weighted by Crippen LogP contribution is -2.43. The molecule has 0 bridgehead atoms. The topological polar surface area (TPSA) is 141 Å². The number of primary amides is 1. The van der Waals surface area contributed by atoms with Gasteiger partial charge in [-0.05, 0) is 52.5 Å². The van der Waals surface area contributed by atoms with E-state index in [1.165, 1.54) is 36.3 Å². The van der Waals surface area contributed by atoms with E-state index in [0.717, 1.165) is 5.56 Å². The monoisotopic (exact) mass is 547 g/mol. The molecule has 0 saturated carbocycles. The number of aromatic nitrogens is 1. The quantitative estimate of drug-likeness (QED) is 0.277. The van der Waals surface area contributed by atoms with Gasteiger partial charge in [0, 0.05) is 13.1 Å². The number of rotatable bonds is 10. The summed E-state index contributed by atoms with van der Waals surface area (Å²) in [5.41, 5.74) is 13.0. The molecule has 0 spiro atoms. The summed E-state index contributed by atoms with van der Waals surface area (Å²) in [5.74, 6) is -1.89. The molecule has 200 valence electrons. The first-order valence-corrected chi connectivity index (χ1v) is 12.6. The van der Waals surface area contributed by atoms with Gasteiger partial charge in [-0.25, -0.2) is 4.39 Å². The molecule has 4 rings (SSSR count). The van der Waals surface area contributed by atoms with Gasteiger partial charge in [0.05, 0.1) is 12.8 Å². The SMILES string of the molecule is COc1ccc(CN(C(=O)c2snc(C(N)=O)c2N)[C@@H](C(=O)NCc2ccccc2)c2ccc(F)cc2)cc1. The number of nitrogens with one attached hydrogen (secondary N) is 1. The van der Waals surface area contributed by atoms with Gasteiger partial charge in [-0.15, -0.1) is 0 Å². The van der Waals surface area contributed by atoms with Crippen LogP contribution in [0.1, 0.15) is 42.9 Å². The second-order valence-electron chi connectivity index (χ2n) is 8.58. The zero-order valence-electron chi connectivity index (χ0n) is 21.0. The largest absolute Gasteiger partial charge is 0.497 e. The van der Waals surface area contributed by atoms with E-state index in [0.29, 0.717) is 28.4 Å². The number of nitrogens with zero attached hydrogens (tertiary/aromatic N) is 2. The second kappa shape index (κ2) is 12.2. The van der Waals surface area contributed by atoms with Gasteiger partial charge in [-0.3, -0.25) is 14.4 Å². The molecule has 3 amide bonds. The van der Waals surface area contributed by atoms with Crippen LogP contribution in [0.4, 0.5) is 10.1 Å². The van der Waals surface area contributed by atoms with Crippen molar-refractivity contribution in [3.63, 3.8) is 0 Å². The average molecular weight is 548 g/mol. The van der Waals surface area contributed by atoms with Crippen molar-refractivity contribution in [3.8, 4) is 5.75 Å². The minimum atomic E-state index is -1.18. The Kier molecular flexibility index (Phi) is 8.52. The first-order valence-electron chi connectivity index (χ1n) is 11.8. The number of hydrogen-bond donors (Lipinski definition) is 3. The fourth-order valence-corrected chi connectivity index (χ4v) is 4.73.